The smallest absolute Gasteiger partial charge is 0.332 e. The molecule has 1 aromatic rings. The third-order valence-corrected chi connectivity index (χ3v) is 5.72. The largest absolute Gasteiger partial charge is 0.351 e. The highest BCUT2D eigenvalue weighted by Crippen LogP contribution is 2.35. The first kappa shape index (κ1) is 19.0. The zero-order chi connectivity index (χ0) is 17.7. The molecule has 1 fully saturated rings. The molecule has 7 heteroatoms. The molecule has 1 aliphatic rings. The summed E-state index contributed by atoms with van der Waals surface area (Å²) in [5.41, 5.74) is -0.156. The van der Waals surface area contributed by atoms with E-state index in [0.29, 0.717) is 17.5 Å². The standard InChI is InChI=1S/C17H26FN3O2S/c1-4-7-11(5-2)14(19-3)17(23)21-9-6-8-13(21)16-20-12(10-24-16)15(18)22/h10-11,13-14,19H,4-9H2,1-3H3. The number of aromatic nitrogens is 1. The van der Waals surface area contributed by atoms with Crippen LogP contribution in [0.15, 0.2) is 5.38 Å². The van der Waals surface area contributed by atoms with E-state index in [-0.39, 0.29) is 23.7 Å². The van der Waals surface area contributed by atoms with E-state index in [1.54, 1.807) is 0 Å². The Bertz CT molecular complexity index is 578. The van der Waals surface area contributed by atoms with Crippen molar-refractivity contribution in [2.24, 2.45) is 5.92 Å². The number of hydrogen-bond donors (Lipinski definition) is 1. The Balaban J connectivity index is 2.18. The number of thiazole rings is 1. The van der Waals surface area contributed by atoms with E-state index in [1.807, 2.05) is 11.9 Å². The highest BCUT2D eigenvalue weighted by molar-refractivity contribution is 7.09. The average Bonchev–Trinajstić information content (AvgIpc) is 3.22. The van der Waals surface area contributed by atoms with Gasteiger partial charge in [-0.25, -0.2) is 4.98 Å². The van der Waals surface area contributed by atoms with E-state index in [2.05, 4.69) is 24.1 Å². The van der Waals surface area contributed by atoms with E-state index in [9.17, 15) is 14.0 Å². The number of likely N-dealkylation sites (N-methyl/N-ethyl adjacent to an activating group) is 1. The Kier molecular flexibility index (Phi) is 6.86. The molecule has 3 unspecified atom stereocenters. The molecule has 3 atom stereocenters. The van der Waals surface area contributed by atoms with E-state index < -0.39 is 6.04 Å². The van der Waals surface area contributed by atoms with Crippen LogP contribution in [0.2, 0.25) is 0 Å². The lowest BCUT2D eigenvalue weighted by Crippen LogP contribution is -2.49. The summed E-state index contributed by atoms with van der Waals surface area (Å²) in [4.78, 5) is 29.8. The summed E-state index contributed by atoms with van der Waals surface area (Å²) in [6.07, 6.45) is 4.70. The lowest BCUT2D eigenvalue weighted by atomic mass is 9.91. The first-order chi connectivity index (χ1) is 11.5. The van der Waals surface area contributed by atoms with Crippen molar-refractivity contribution in [3.8, 4) is 0 Å². The molecule has 2 rings (SSSR count). The number of carbonyl (C=O) groups is 2. The van der Waals surface area contributed by atoms with Crippen LogP contribution in [0, 0.1) is 5.92 Å². The maximum Gasteiger partial charge on any atom is 0.351 e. The van der Waals surface area contributed by atoms with Gasteiger partial charge in [-0.2, -0.15) is 4.39 Å². The first-order valence-corrected chi connectivity index (χ1v) is 9.54. The topological polar surface area (TPSA) is 62.3 Å². The van der Waals surface area contributed by atoms with Crippen LogP contribution in [0.1, 0.15) is 67.5 Å². The van der Waals surface area contributed by atoms with Gasteiger partial charge in [-0.15, -0.1) is 11.3 Å². The number of likely N-dealkylation sites (tertiary alicyclic amines) is 1. The van der Waals surface area contributed by atoms with Crippen LogP contribution in [0.5, 0.6) is 0 Å². The van der Waals surface area contributed by atoms with Crippen molar-refractivity contribution in [1.29, 1.82) is 0 Å². The molecular formula is C17H26FN3O2S. The summed E-state index contributed by atoms with van der Waals surface area (Å²) in [6.45, 7) is 4.92. The summed E-state index contributed by atoms with van der Waals surface area (Å²) in [5, 5.41) is 5.27. The number of carbonyl (C=O) groups excluding carboxylic acids is 2. The number of halogens is 1. The Morgan fingerprint density at radius 3 is 2.79 bits per heavy atom. The number of nitrogens with zero attached hydrogens (tertiary/aromatic N) is 2. The molecule has 1 amide bonds. The molecule has 0 spiro atoms. The molecule has 0 saturated carbocycles. The molecular weight excluding hydrogens is 329 g/mol. The van der Waals surface area contributed by atoms with E-state index >= 15 is 0 Å². The minimum atomic E-state index is -1.52. The molecule has 0 bridgehead atoms. The van der Waals surface area contributed by atoms with E-state index in [0.717, 1.165) is 32.1 Å². The highest BCUT2D eigenvalue weighted by Gasteiger charge is 2.37. The Hall–Kier alpha value is -1.34. The van der Waals surface area contributed by atoms with Crippen LogP contribution < -0.4 is 5.32 Å². The van der Waals surface area contributed by atoms with Gasteiger partial charge < -0.3 is 10.2 Å². The lowest BCUT2D eigenvalue weighted by Gasteiger charge is -2.31. The Morgan fingerprint density at radius 1 is 1.50 bits per heavy atom. The van der Waals surface area contributed by atoms with Gasteiger partial charge >= 0.3 is 6.04 Å². The molecule has 0 aromatic carbocycles. The van der Waals surface area contributed by atoms with Crippen LogP contribution >= 0.6 is 11.3 Å². The average molecular weight is 355 g/mol. The predicted molar refractivity (Wildman–Crippen MR) is 92.8 cm³/mol. The number of nitrogens with one attached hydrogen (secondary N) is 1. The minimum Gasteiger partial charge on any atom is -0.332 e. The van der Waals surface area contributed by atoms with Gasteiger partial charge in [0.2, 0.25) is 5.91 Å². The second-order valence-corrected chi connectivity index (χ2v) is 7.15. The van der Waals surface area contributed by atoms with Crippen LogP contribution in [-0.4, -0.2) is 41.5 Å². The molecule has 1 N–H and O–H groups in total. The molecule has 1 aromatic heterocycles. The van der Waals surface area contributed by atoms with Crippen molar-refractivity contribution in [3.63, 3.8) is 0 Å². The minimum absolute atomic E-state index is 0.0867. The van der Waals surface area contributed by atoms with E-state index in [4.69, 9.17) is 0 Å². The summed E-state index contributed by atoms with van der Waals surface area (Å²) in [6, 6.07) is -1.88. The number of hydrogen-bond acceptors (Lipinski definition) is 5. The summed E-state index contributed by atoms with van der Waals surface area (Å²) in [5.74, 6) is 0.386. The third-order valence-electron chi connectivity index (χ3n) is 4.78. The number of amides is 1. The van der Waals surface area contributed by atoms with Gasteiger partial charge in [0.05, 0.1) is 12.1 Å². The second kappa shape index (κ2) is 8.67. The molecule has 0 aliphatic carbocycles. The van der Waals surface area contributed by atoms with Crippen molar-refractivity contribution in [2.45, 2.75) is 58.0 Å². The van der Waals surface area contributed by atoms with Gasteiger partial charge in [0, 0.05) is 11.9 Å². The van der Waals surface area contributed by atoms with Crippen molar-refractivity contribution >= 4 is 23.3 Å². The fraction of sp³-hybridized carbons (Fsp3) is 0.706. The fourth-order valence-electron chi connectivity index (χ4n) is 3.53. The highest BCUT2D eigenvalue weighted by atomic mass is 32.1. The zero-order valence-corrected chi connectivity index (χ0v) is 15.4. The Morgan fingerprint density at radius 2 is 2.25 bits per heavy atom. The molecule has 134 valence electrons. The SMILES string of the molecule is CCCC(CC)C(NC)C(=O)N1CCCC1c1nc(C(=O)F)cs1. The van der Waals surface area contributed by atoms with Crippen LogP contribution in [-0.2, 0) is 4.79 Å². The maximum absolute atomic E-state index is 13.1. The zero-order valence-electron chi connectivity index (χ0n) is 14.5. The van der Waals surface area contributed by atoms with Gasteiger partial charge in [0.1, 0.15) is 5.01 Å². The molecule has 2 heterocycles. The summed E-state index contributed by atoms with van der Waals surface area (Å²) in [7, 11) is 1.83. The second-order valence-electron chi connectivity index (χ2n) is 6.26. The first-order valence-electron chi connectivity index (χ1n) is 8.66. The quantitative estimate of drug-likeness (QED) is 0.727. The van der Waals surface area contributed by atoms with Gasteiger partial charge in [0.15, 0.2) is 5.69 Å². The summed E-state index contributed by atoms with van der Waals surface area (Å²) < 4.78 is 12.8. The lowest BCUT2D eigenvalue weighted by molar-refractivity contribution is -0.135. The van der Waals surface area contributed by atoms with Crippen molar-refractivity contribution in [2.75, 3.05) is 13.6 Å². The van der Waals surface area contributed by atoms with Crippen molar-refractivity contribution in [1.82, 2.24) is 15.2 Å². The summed E-state index contributed by atoms with van der Waals surface area (Å²) >= 11 is 1.25. The molecule has 1 aliphatic heterocycles. The maximum atomic E-state index is 13.1. The van der Waals surface area contributed by atoms with Crippen LogP contribution in [0.4, 0.5) is 4.39 Å². The van der Waals surface area contributed by atoms with E-state index in [1.165, 1.54) is 16.7 Å². The van der Waals surface area contributed by atoms with Crippen LogP contribution in [0.3, 0.4) is 0 Å². The van der Waals surface area contributed by atoms with Crippen LogP contribution in [0.25, 0.3) is 0 Å². The van der Waals surface area contributed by atoms with Gasteiger partial charge in [-0.05, 0) is 32.2 Å². The monoisotopic (exact) mass is 355 g/mol. The molecule has 5 nitrogen and oxygen atoms in total. The molecule has 24 heavy (non-hydrogen) atoms. The fourth-order valence-corrected chi connectivity index (χ4v) is 4.47. The van der Waals surface area contributed by atoms with Gasteiger partial charge in [0.25, 0.3) is 0 Å². The Labute approximate surface area is 146 Å². The number of rotatable bonds is 8. The van der Waals surface area contributed by atoms with Crippen molar-refractivity contribution < 1.29 is 14.0 Å². The van der Waals surface area contributed by atoms with Crippen molar-refractivity contribution in [3.05, 3.63) is 16.1 Å². The van der Waals surface area contributed by atoms with Gasteiger partial charge in [-0.1, -0.05) is 26.7 Å². The molecule has 1 saturated heterocycles. The predicted octanol–water partition coefficient (Wildman–Crippen LogP) is 3.33. The van der Waals surface area contributed by atoms with Gasteiger partial charge in [-0.3, -0.25) is 9.59 Å². The normalized spacial score (nSPS) is 20.2. The molecule has 0 radical (unpaired) electrons. The third kappa shape index (κ3) is 4.00.